The average Bonchev–Trinajstić information content (AvgIpc) is 2.26. The van der Waals surface area contributed by atoms with Crippen molar-refractivity contribution in [3.63, 3.8) is 0 Å². The monoisotopic (exact) mass is 314 g/mol. The highest BCUT2D eigenvalue weighted by molar-refractivity contribution is 9.10. The number of carbonyl (C=O) groups excluding carboxylic acids is 1. The largest absolute Gasteiger partial charge is 0.480 e. The molecule has 6 heteroatoms. The van der Waals surface area contributed by atoms with Gasteiger partial charge in [0.2, 0.25) is 0 Å². The number of carbonyl (C=O) groups is 2. The van der Waals surface area contributed by atoms with Gasteiger partial charge in [0.1, 0.15) is 12.2 Å². The van der Waals surface area contributed by atoms with Gasteiger partial charge in [0, 0.05) is 17.2 Å². The third kappa shape index (κ3) is 4.10. The highest BCUT2D eigenvalue weighted by atomic mass is 79.9. The van der Waals surface area contributed by atoms with E-state index in [1.165, 1.54) is 11.1 Å². The molecule has 0 aliphatic rings. The zero-order valence-electron chi connectivity index (χ0n) is 10.3. The molecule has 0 aliphatic carbocycles. The molecule has 0 saturated carbocycles. The molecule has 0 atom stereocenters. The van der Waals surface area contributed by atoms with E-state index in [4.69, 9.17) is 5.11 Å². The van der Waals surface area contributed by atoms with Crippen LogP contribution in [0, 0.1) is 5.92 Å². The van der Waals surface area contributed by atoms with Crippen LogP contribution in [0.1, 0.15) is 24.3 Å². The van der Waals surface area contributed by atoms with Gasteiger partial charge in [-0.15, -0.1) is 0 Å². The number of pyridine rings is 1. The fraction of sp³-hybridized carbons (Fsp3) is 0.417. The molecule has 0 bridgehead atoms. The third-order valence-electron chi connectivity index (χ3n) is 2.16. The number of hydrogen-bond acceptors (Lipinski definition) is 3. The highest BCUT2D eigenvalue weighted by Gasteiger charge is 2.22. The summed E-state index contributed by atoms with van der Waals surface area (Å²) in [5.41, 5.74) is 0.236. The van der Waals surface area contributed by atoms with Gasteiger partial charge in [-0.1, -0.05) is 13.8 Å². The van der Waals surface area contributed by atoms with Gasteiger partial charge in [-0.2, -0.15) is 0 Å². The molecular weight excluding hydrogens is 300 g/mol. The first-order valence-electron chi connectivity index (χ1n) is 5.53. The lowest BCUT2D eigenvalue weighted by atomic mass is 10.2. The molecule has 0 spiro atoms. The number of aliphatic carboxylic acids is 1. The quantitative estimate of drug-likeness (QED) is 0.902. The Labute approximate surface area is 114 Å². The van der Waals surface area contributed by atoms with E-state index in [1.54, 1.807) is 12.1 Å². The fourth-order valence-electron chi connectivity index (χ4n) is 1.52. The maximum absolute atomic E-state index is 12.2. The van der Waals surface area contributed by atoms with Gasteiger partial charge < -0.3 is 10.0 Å². The Morgan fingerprint density at radius 3 is 2.67 bits per heavy atom. The Hall–Kier alpha value is -1.43. The first kappa shape index (κ1) is 14.6. The van der Waals surface area contributed by atoms with Gasteiger partial charge >= 0.3 is 5.97 Å². The first-order chi connectivity index (χ1) is 8.41. The van der Waals surface area contributed by atoms with Crippen molar-refractivity contribution in [2.24, 2.45) is 5.92 Å². The first-order valence-corrected chi connectivity index (χ1v) is 6.32. The third-order valence-corrected chi connectivity index (χ3v) is 2.80. The van der Waals surface area contributed by atoms with E-state index in [0.29, 0.717) is 11.0 Å². The molecule has 18 heavy (non-hydrogen) atoms. The zero-order valence-corrected chi connectivity index (χ0v) is 11.8. The lowest BCUT2D eigenvalue weighted by Crippen LogP contribution is -2.38. The second-order valence-corrected chi connectivity index (χ2v) is 5.16. The number of carboxylic acid groups (broad SMARTS) is 1. The van der Waals surface area contributed by atoms with Gasteiger partial charge in [-0.25, -0.2) is 4.98 Å². The van der Waals surface area contributed by atoms with Crippen molar-refractivity contribution in [3.8, 4) is 0 Å². The van der Waals surface area contributed by atoms with Crippen LogP contribution >= 0.6 is 15.9 Å². The van der Waals surface area contributed by atoms with Crippen LogP contribution in [0.15, 0.2) is 22.8 Å². The second-order valence-electron chi connectivity index (χ2n) is 4.31. The maximum Gasteiger partial charge on any atom is 0.323 e. The van der Waals surface area contributed by atoms with Crippen LogP contribution in [0.25, 0.3) is 0 Å². The number of amides is 1. The summed E-state index contributed by atoms with van der Waals surface area (Å²) in [5, 5.41) is 8.84. The van der Waals surface area contributed by atoms with Crippen LogP contribution in [-0.4, -0.2) is 40.0 Å². The van der Waals surface area contributed by atoms with Crippen molar-refractivity contribution in [1.82, 2.24) is 9.88 Å². The molecule has 0 unspecified atom stereocenters. The molecule has 0 aromatic carbocycles. The molecule has 0 radical (unpaired) electrons. The summed E-state index contributed by atoms with van der Waals surface area (Å²) in [6.07, 6.45) is 1.51. The van der Waals surface area contributed by atoms with E-state index in [0.717, 1.165) is 0 Å². The average molecular weight is 315 g/mol. The zero-order chi connectivity index (χ0) is 13.7. The van der Waals surface area contributed by atoms with E-state index in [2.05, 4.69) is 20.9 Å². The Morgan fingerprint density at radius 2 is 2.17 bits per heavy atom. The summed E-state index contributed by atoms with van der Waals surface area (Å²) in [5.74, 6) is -1.22. The lowest BCUT2D eigenvalue weighted by Gasteiger charge is -2.22. The van der Waals surface area contributed by atoms with Crippen molar-refractivity contribution < 1.29 is 14.7 Å². The van der Waals surface area contributed by atoms with Crippen molar-refractivity contribution in [1.29, 1.82) is 0 Å². The van der Waals surface area contributed by atoms with Gasteiger partial charge in [0.05, 0.1) is 0 Å². The summed E-state index contributed by atoms with van der Waals surface area (Å²) in [7, 11) is 0. The van der Waals surface area contributed by atoms with E-state index in [1.807, 2.05) is 13.8 Å². The molecule has 0 aliphatic heterocycles. The van der Waals surface area contributed by atoms with Gasteiger partial charge in [0.15, 0.2) is 0 Å². The molecule has 1 amide bonds. The van der Waals surface area contributed by atoms with Crippen LogP contribution < -0.4 is 0 Å². The minimum absolute atomic E-state index is 0.191. The molecule has 1 aromatic rings. The van der Waals surface area contributed by atoms with Crippen LogP contribution in [0.4, 0.5) is 0 Å². The van der Waals surface area contributed by atoms with Gasteiger partial charge in [0.25, 0.3) is 5.91 Å². The minimum atomic E-state index is -1.03. The maximum atomic E-state index is 12.2. The standard InChI is InChI=1S/C12H15BrN2O3/c1-8(2)6-15(7-10(16)17)12(18)11-9(13)4-3-5-14-11/h3-5,8H,6-7H2,1-2H3,(H,16,17). The molecule has 1 N–H and O–H groups in total. The number of hydrogen-bond donors (Lipinski definition) is 1. The lowest BCUT2D eigenvalue weighted by molar-refractivity contribution is -0.137. The summed E-state index contributed by atoms with van der Waals surface area (Å²) in [4.78, 5) is 28.3. The summed E-state index contributed by atoms with van der Waals surface area (Å²) in [6.45, 7) is 3.92. The molecule has 0 fully saturated rings. The van der Waals surface area contributed by atoms with Gasteiger partial charge in [-0.05, 0) is 34.0 Å². The fourth-order valence-corrected chi connectivity index (χ4v) is 1.94. The van der Waals surface area contributed by atoms with E-state index < -0.39 is 5.97 Å². The predicted molar refractivity (Wildman–Crippen MR) is 70.3 cm³/mol. The van der Waals surface area contributed by atoms with Crippen molar-refractivity contribution in [3.05, 3.63) is 28.5 Å². The predicted octanol–water partition coefficient (Wildman–Crippen LogP) is 2.03. The normalized spacial score (nSPS) is 10.4. The van der Waals surface area contributed by atoms with E-state index in [-0.39, 0.29) is 24.1 Å². The SMILES string of the molecule is CC(C)CN(CC(=O)O)C(=O)c1ncccc1Br. The minimum Gasteiger partial charge on any atom is -0.480 e. The molecule has 0 saturated heterocycles. The summed E-state index contributed by atoms with van der Waals surface area (Å²) < 4.78 is 0.564. The van der Waals surface area contributed by atoms with E-state index >= 15 is 0 Å². The van der Waals surface area contributed by atoms with Crippen LogP contribution in [0.3, 0.4) is 0 Å². The molecular formula is C12H15BrN2O3. The number of rotatable bonds is 5. The smallest absolute Gasteiger partial charge is 0.323 e. The van der Waals surface area contributed by atoms with Gasteiger partial charge in [-0.3, -0.25) is 9.59 Å². The molecule has 98 valence electrons. The Bertz CT molecular complexity index is 449. The number of carboxylic acids is 1. The number of nitrogens with zero attached hydrogens (tertiary/aromatic N) is 2. The molecule has 1 heterocycles. The number of aromatic nitrogens is 1. The second kappa shape index (κ2) is 6.49. The topological polar surface area (TPSA) is 70.5 Å². The summed E-state index contributed by atoms with van der Waals surface area (Å²) in [6, 6.07) is 3.40. The number of halogens is 1. The molecule has 1 rings (SSSR count). The van der Waals surface area contributed by atoms with Crippen molar-refractivity contribution in [2.75, 3.05) is 13.1 Å². The Kier molecular flexibility index (Phi) is 5.27. The Balaban J connectivity index is 2.95. The summed E-state index contributed by atoms with van der Waals surface area (Å²) >= 11 is 3.24. The van der Waals surface area contributed by atoms with Crippen molar-refractivity contribution >= 4 is 27.8 Å². The van der Waals surface area contributed by atoms with Crippen LogP contribution in [-0.2, 0) is 4.79 Å². The Morgan fingerprint density at radius 1 is 1.50 bits per heavy atom. The van der Waals surface area contributed by atoms with Crippen LogP contribution in [0.5, 0.6) is 0 Å². The van der Waals surface area contributed by atoms with E-state index in [9.17, 15) is 9.59 Å². The highest BCUT2D eigenvalue weighted by Crippen LogP contribution is 2.16. The van der Waals surface area contributed by atoms with Crippen LogP contribution in [0.2, 0.25) is 0 Å². The molecule has 5 nitrogen and oxygen atoms in total. The molecule has 1 aromatic heterocycles. The van der Waals surface area contributed by atoms with Crippen molar-refractivity contribution in [2.45, 2.75) is 13.8 Å².